The Morgan fingerprint density at radius 3 is 2.71 bits per heavy atom. The molecule has 0 saturated heterocycles. The number of hydrogen-bond donors (Lipinski definition) is 3. The predicted molar refractivity (Wildman–Crippen MR) is 93.2 cm³/mol. The molecule has 0 fully saturated rings. The first-order valence-electron chi connectivity index (χ1n) is 6.63. The second-order valence-electron chi connectivity index (χ2n) is 4.23. The summed E-state index contributed by atoms with van der Waals surface area (Å²) >= 11 is 6.94. The first-order chi connectivity index (χ1) is 10.1. The maximum Gasteiger partial charge on any atom is 0.292 e. The van der Waals surface area contributed by atoms with Gasteiger partial charge in [0, 0.05) is 25.7 Å². The Morgan fingerprint density at radius 1 is 1.29 bits per heavy atom. The summed E-state index contributed by atoms with van der Waals surface area (Å²) in [4.78, 5) is 10.5. The van der Waals surface area contributed by atoms with E-state index in [1.165, 1.54) is 6.07 Å². The van der Waals surface area contributed by atoms with Crippen LogP contribution in [0.25, 0.3) is 0 Å². The van der Waals surface area contributed by atoms with E-state index in [-0.39, 0.29) is 5.69 Å². The van der Waals surface area contributed by atoms with Gasteiger partial charge in [-0.05, 0) is 36.7 Å². The van der Waals surface area contributed by atoms with Crippen molar-refractivity contribution >= 4 is 40.5 Å². The maximum atomic E-state index is 10.9. The van der Waals surface area contributed by atoms with Crippen LogP contribution in [0.2, 0.25) is 0 Å². The average Bonchev–Trinajstić information content (AvgIpc) is 2.48. The van der Waals surface area contributed by atoms with Crippen LogP contribution in [0.15, 0.2) is 24.3 Å². The largest absolute Gasteiger partial charge is 0.378 e. The molecule has 0 aromatic heterocycles. The molecule has 1 aromatic carbocycles. The second kappa shape index (κ2) is 10.2. The number of thiocarbonyl (C=S) groups is 1. The van der Waals surface area contributed by atoms with Gasteiger partial charge in [0.25, 0.3) is 5.69 Å². The highest BCUT2D eigenvalue weighted by molar-refractivity contribution is 7.98. The van der Waals surface area contributed by atoms with Crippen molar-refractivity contribution in [1.82, 2.24) is 10.6 Å². The third kappa shape index (κ3) is 7.14. The predicted octanol–water partition coefficient (Wildman–Crippen LogP) is 2.22. The van der Waals surface area contributed by atoms with Crippen LogP contribution in [0.4, 0.5) is 11.4 Å². The van der Waals surface area contributed by atoms with E-state index in [4.69, 9.17) is 12.2 Å². The molecule has 0 atom stereocenters. The first-order valence-corrected chi connectivity index (χ1v) is 8.43. The molecule has 0 unspecified atom stereocenters. The van der Waals surface area contributed by atoms with Gasteiger partial charge in [-0.1, -0.05) is 12.1 Å². The Hall–Kier alpha value is -1.54. The summed E-state index contributed by atoms with van der Waals surface area (Å²) in [6, 6.07) is 6.58. The zero-order valence-corrected chi connectivity index (χ0v) is 13.6. The Labute approximate surface area is 134 Å². The number of nitro benzene ring substituents is 1. The van der Waals surface area contributed by atoms with E-state index in [0.717, 1.165) is 18.7 Å². The van der Waals surface area contributed by atoms with Gasteiger partial charge >= 0.3 is 0 Å². The lowest BCUT2D eigenvalue weighted by Gasteiger charge is -2.11. The Balaban J connectivity index is 2.22. The van der Waals surface area contributed by atoms with Crippen molar-refractivity contribution < 1.29 is 4.92 Å². The van der Waals surface area contributed by atoms with Gasteiger partial charge in [-0.3, -0.25) is 10.1 Å². The fourth-order valence-electron chi connectivity index (χ4n) is 1.64. The first kappa shape index (κ1) is 17.5. The molecule has 6 nitrogen and oxygen atoms in total. The highest BCUT2D eigenvalue weighted by Gasteiger charge is 2.10. The van der Waals surface area contributed by atoms with Gasteiger partial charge in [0.15, 0.2) is 5.11 Å². The molecule has 0 aliphatic carbocycles. The Kier molecular flexibility index (Phi) is 8.53. The van der Waals surface area contributed by atoms with Crippen molar-refractivity contribution in [2.75, 3.05) is 37.0 Å². The molecule has 1 aromatic rings. The normalized spacial score (nSPS) is 9.95. The van der Waals surface area contributed by atoms with Crippen LogP contribution < -0.4 is 16.0 Å². The zero-order chi connectivity index (χ0) is 15.5. The van der Waals surface area contributed by atoms with Crippen LogP contribution in [0.5, 0.6) is 0 Å². The molecule has 0 amide bonds. The summed E-state index contributed by atoms with van der Waals surface area (Å²) < 4.78 is 0. The summed E-state index contributed by atoms with van der Waals surface area (Å²) in [6.45, 7) is 2.00. The van der Waals surface area contributed by atoms with E-state index < -0.39 is 4.92 Å². The van der Waals surface area contributed by atoms with Crippen LogP contribution in [0.3, 0.4) is 0 Å². The molecule has 0 saturated carbocycles. The van der Waals surface area contributed by atoms with Gasteiger partial charge < -0.3 is 16.0 Å². The van der Waals surface area contributed by atoms with E-state index in [1.807, 2.05) is 11.8 Å². The molecule has 0 radical (unpaired) electrons. The van der Waals surface area contributed by atoms with Crippen LogP contribution >= 0.6 is 24.0 Å². The molecule has 1 rings (SSSR count). The third-order valence-electron chi connectivity index (χ3n) is 2.64. The quantitative estimate of drug-likeness (QED) is 0.278. The van der Waals surface area contributed by atoms with Gasteiger partial charge in [-0.25, -0.2) is 0 Å². The lowest BCUT2D eigenvalue weighted by atomic mass is 10.2. The standard InChI is InChI=1S/C13H20N4O2S2/c1-21-10-4-7-15-13(20)16-9-8-14-11-5-2-3-6-12(11)17(18)19/h2-3,5-6,14H,4,7-10H2,1H3,(H2,15,16,20). The summed E-state index contributed by atoms with van der Waals surface area (Å²) in [5.41, 5.74) is 0.596. The lowest BCUT2D eigenvalue weighted by Crippen LogP contribution is -2.38. The number of nitrogens with zero attached hydrogens (tertiary/aromatic N) is 1. The summed E-state index contributed by atoms with van der Waals surface area (Å²) in [7, 11) is 0. The monoisotopic (exact) mass is 328 g/mol. The molecule has 8 heteroatoms. The van der Waals surface area contributed by atoms with Gasteiger partial charge in [0.2, 0.25) is 0 Å². The topological polar surface area (TPSA) is 79.2 Å². The SMILES string of the molecule is CSCCCNC(=S)NCCNc1ccccc1[N+](=O)[O-]. The van der Waals surface area contributed by atoms with E-state index in [2.05, 4.69) is 22.2 Å². The average molecular weight is 328 g/mol. The number of hydrogen-bond acceptors (Lipinski definition) is 5. The molecule has 0 heterocycles. The fraction of sp³-hybridized carbons (Fsp3) is 0.462. The smallest absolute Gasteiger partial charge is 0.292 e. The van der Waals surface area contributed by atoms with Crippen LogP contribution in [-0.4, -0.2) is 41.7 Å². The molecule has 0 spiro atoms. The minimum atomic E-state index is -0.395. The van der Waals surface area contributed by atoms with Crippen molar-refractivity contribution in [3.63, 3.8) is 0 Å². The fourth-order valence-corrected chi connectivity index (χ4v) is 2.27. The molecule has 0 aliphatic heterocycles. The molecular formula is C13H20N4O2S2. The second-order valence-corrected chi connectivity index (χ2v) is 5.62. The van der Waals surface area contributed by atoms with E-state index >= 15 is 0 Å². The summed E-state index contributed by atoms with van der Waals surface area (Å²) in [6.07, 6.45) is 3.14. The van der Waals surface area contributed by atoms with Crippen LogP contribution in [-0.2, 0) is 0 Å². The summed E-state index contributed by atoms with van der Waals surface area (Å²) in [5, 5.41) is 20.7. The Bertz CT molecular complexity index is 471. The van der Waals surface area contributed by atoms with Crippen molar-refractivity contribution in [3.05, 3.63) is 34.4 Å². The summed E-state index contributed by atoms with van der Waals surface area (Å²) in [5.74, 6) is 1.11. The molecule has 21 heavy (non-hydrogen) atoms. The lowest BCUT2D eigenvalue weighted by molar-refractivity contribution is -0.384. The van der Waals surface area contributed by atoms with Gasteiger partial charge in [-0.15, -0.1) is 0 Å². The van der Waals surface area contributed by atoms with Crippen LogP contribution in [0, 0.1) is 10.1 Å². The van der Waals surface area contributed by atoms with E-state index in [0.29, 0.717) is 23.9 Å². The number of para-hydroxylation sites is 2. The third-order valence-corrected chi connectivity index (χ3v) is 3.62. The van der Waals surface area contributed by atoms with Crippen molar-refractivity contribution in [1.29, 1.82) is 0 Å². The van der Waals surface area contributed by atoms with Gasteiger partial charge in [0.05, 0.1) is 4.92 Å². The Morgan fingerprint density at radius 2 is 2.00 bits per heavy atom. The molecule has 0 aliphatic rings. The van der Waals surface area contributed by atoms with Crippen molar-refractivity contribution in [2.24, 2.45) is 0 Å². The molecule has 3 N–H and O–H groups in total. The van der Waals surface area contributed by atoms with Crippen LogP contribution in [0.1, 0.15) is 6.42 Å². The van der Waals surface area contributed by atoms with E-state index in [1.54, 1.807) is 18.2 Å². The molecule has 116 valence electrons. The van der Waals surface area contributed by atoms with Crippen molar-refractivity contribution in [2.45, 2.75) is 6.42 Å². The highest BCUT2D eigenvalue weighted by atomic mass is 32.2. The van der Waals surface area contributed by atoms with Crippen molar-refractivity contribution in [3.8, 4) is 0 Å². The number of nitrogens with one attached hydrogen (secondary N) is 3. The number of nitro groups is 1. The van der Waals surface area contributed by atoms with E-state index in [9.17, 15) is 10.1 Å². The van der Waals surface area contributed by atoms with Gasteiger partial charge in [0.1, 0.15) is 5.69 Å². The number of anilines is 1. The van der Waals surface area contributed by atoms with Gasteiger partial charge in [-0.2, -0.15) is 11.8 Å². The number of rotatable bonds is 9. The maximum absolute atomic E-state index is 10.9. The number of benzene rings is 1. The molecular weight excluding hydrogens is 308 g/mol. The highest BCUT2D eigenvalue weighted by Crippen LogP contribution is 2.22. The zero-order valence-electron chi connectivity index (χ0n) is 11.9. The minimum absolute atomic E-state index is 0.0790. The molecule has 0 bridgehead atoms. The number of thioether (sulfide) groups is 1. The minimum Gasteiger partial charge on any atom is -0.378 e.